The van der Waals surface area contributed by atoms with Crippen LogP contribution in [0.15, 0.2) is 0 Å². The molecule has 0 amide bonds. The molecule has 0 radical (unpaired) electrons. The van der Waals surface area contributed by atoms with E-state index >= 15 is 0 Å². The summed E-state index contributed by atoms with van der Waals surface area (Å²) in [5.41, 5.74) is 0. The van der Waals surface area contributed by atoms with E-state index in [-0.39, 0.29) is 38.0 Å². The number of aliphatic hydroxyl groups is 2. The van der Waals surface area contributed by atoms with Gasteiger partial charge in [0, 0.05) is 13.2 Å². The number of aliphatic hydroxyl groups excluding tert-OH is 2. The molecule has 0 aromatic heterocycles. The van der Waals surface area contributed by atoms with Crippen LogP contribution in [-0.2, 0) is 0 Å². The Bertz CT molecular complexity index is 71.7. The number of hydrogen-bond acceptors (Lipinski definition) is 2. The summed E-state index contributed by atoms with van der Waals surface area (Å²) in [5, 5.41) is 16.2. The molecule has 0 spiro atoms. The molecule has 4 nitrogen and oxygen atoms in total. The number of nitrogens with one attached hydrogen (secondary N) is 2. The summed E-state index contributed by atoms with van der Waals surface area (Å²) in [6.45, 7) is 0.390. The quantitative estimate of drug-likeness (QED) is 0.388. The minimum Gasteiger partial charge on any atom is -1.00 e. The first-order chi connectivity index (χ1) is 6.38. The van der Waals surface area contributed by atoms with E-state index in [9.17, 15) is 0 Å². The van der Waals surface area contributed by atoms with Crippen LogP contribution >= 0.6 is 0 Å². The van der Waals surface area contributed by atoms with Gasteiger partial charge in [-0.2, -0.15) is 0 Å². The first-order valence-electron chi connectivity index (χ1n) is 5.13. The van der Waals surface area contributed by atoms with E-state index in [2.05, 4.69) is 42.3 Å². The first kappa shape index (κ1) is 29.9. The summed E-state index contributed by atoms with van der Waals surface area (Å²) in [6, 6.07) is 0. The largest absolute Gasteiger partial charge is 1.00 e. The summed E-state index contributed by atoms with van der Waals surface area (Å²) in [4.78, 5) is 2.83. The third-order valence-corrected chi connectivity index (χ3v) is 0.566. The Labute approximate surface area is 113 Å². The van der Waals surface area contributed by atoms with Crippen LogP contribution in [0.3, 0.4) is 0 Å². The number of halogens is 2. The average Bonchev–Trinajstić information content (AvgIpc) is 1.98. The fraction of sp³-hybridized carbons (Fsp3) is 1.00. The van der Waals surface area contributed by atoms with Crippen LogP contribution < -0.4 is 34.6 Å². The van der Waals surface area contributed by atoms with E-state index in [0.717, 1.165) is 12.8 Å². The molecule has 0 aliphatic carbocycles. The minimum atomic E-state index is 0. The van der Waals surface area contributed by atoms with E-state index in [0.29, 0.717) is 0 Å². The van der Waals surface area contributed by atoms with Crippen molar-refractivity contribution < 1.29 is 44.8 Å². The molecule has 0 bridgehead atoms. The molecule has 0 saturated carbocycles. The van der Waals surface area contributed by atoms with Gasteiger partial charge < -0.3 is 44.8 Å². The highest BCUT2D eigenvalue weighted by atomic mass is 35.5. The molecule has 0 rings (SSSR count). The summed E-state index contributed by atoms with van der Waals surface area (Å²) < 4.78 is 0. The molecule has 0 aliphatic heterocycles. The highest BCUT2D eigenvalue weighted by molar-refractivity contribution is 4.30. The lowest BCUT2D eigenvalue weighted by Gasteiger charge is -1.88. The van der Waals surface area contributed by atoms with Gasteiger partial charge in [0.15, 0.2) is 0 Å². The smallest absolute Gasteiger partial charge is 0.0661 e. The lowest BCUT2D eigenvalue weighted by Crippen LogP contribution is -3.02. The van der Waals surface area contributed by atoms with Crippen molar-refractivity contribution in [3.63, 3.8) is 0 Å². The van der Waals surface area contributed by atoms with E-state index in [4.69, 9.17) is 10.2 Å². The molecule has 0 unspecified atom stereocenters. The molecule has 0 aromatic carbocycles. The van der Waals surface area contributed by atoms with Crippen LogP contribution in [0.4, 0.5) is 0 Å². The SMILES string of the molecule is C[NH+](C)C.C[NH+](C)C.OCCCCO.[Cl-].[Cl-]. The lowest BCUT2D eigenvalue weighted by atomic mass is 10.3. The van der Waals surface area contributed by atoms with Gasteiger partial charge in [-0.1, -0.05) is 0 Å². The molecule has 0 aliphatic rings. The Morgan fingerprint density at radius 3 is 0.812 bits per heavy atom. The van der Waals surface area contributed by atoms with Gasteiger partial charge in [-0.05, 0) is 12.8 Å². The highest BCUT2D eigenvalue weighted by Gasteiger charge is 1.77. The molecule has 6 heteroatoms. The summed E-state index contributed by atoms with van der Waals surface area (Å²) in [6.07, 6.45) is 1.44. The number of rotatable bonds is 3. The predicted octanol–water partition coefficient (Wildman–Crippen LogP) is -8.72. The summed E-state index contributed by atoms with van der Waals surface area (Å²) in [7, 11) is 12.5. The zero-order chi connectivity index (χ0) is 12.0. The van der Waals surface area contributed by atoms with Crippen molar-refractivity contribution in [2.24, 2.45) is 0 Å². The fourth-order valence-corrected chi connectivity index (χ4v) is 0.224. The van der Waals surface area contributed by atoms with Gasteiger partial charge in [0.25, 0.3) is 0 Å². The molecule has 0 saturated heterocycles. The van der Waals surface area contributed by atoms with Gasteiger partial charge in [-0.3, -0.25) is 0 Å². The van der Waals surface area contributed by atoms with Gasteiger partial charge in [-0.25, -0.2) is 0 Å². The van der Waals surface area contributed by atoms with Crippen LogP contribution in [0, 0.1) is 0 Å². The molecule has 0 fully saturated rings. The Morgan fingerprint density at radius 2 is 0.750 bits per heavy atom. The Morgan fingerprint density at radius 1 is 0.625 bits per heavy atom. The summed E-state index contributed by atoms with van der Waals surface area (Å²) >= 11 is 0. The fourth-order valence-electron chi connectivity index (χ4n) is 0.224. The third-order valence-electron chi connectivity index (χ3n) is 0.566. The highest BCUT2D eigenvalue weighted by Crippen LogP contribution is 1.80. The van der Waals surface area contributed by atoms with Crippen molar-refractivity contribution in [1.82, 2.24) is 0 Å². The number of quaternary nitrogens is 2. The van der Waals surface area contributed by atoms with E-state index in [1.807, 2.05) is 0 Å². The average molecular weight is 281 g/mol. The van der Waals surface area contributed by atoms with Crippen LogP contribution in [0.5, 0.6) is 0 Å². The van der Waals surface area contributed by atoms with Gasteiger partial charge >= 0.3 is 0 Å². The van der Waals surface area contributed by atoms with Gasteiger partial charge in [0.2, 0.25) is 0 Å². The third kappa shape index (κ3) is 222. The van der Waals surface area contributed by atoms with Crippen molar-refractivity contribution in [3.05, 3.63) is 0 Å². The predicted molar refractivity (Wildman–Crippen MR) is 60.9 cm³/mol. The zero-order valence-electron chi connectivity index (χ0n) is 11.5. The van der Waals surface area contributed by atoms with Crippen molar-refractivity contribution in [2.75, 3.05) is 55.5 Å². The van der Waals surface area contributed by atoms with Crippen LogP contribution in [-0.4, -0.2) is 65.7 Å². The molecule has 0 atom stereocenters. The first-order valence-corrected chi connectivity index (χ1v) is 5.13. The molecule has 106 valence electrons. The minimum absolute atomic E-state index is 0. The number of hydrogen-bond donors (Lipinski definition) is 4. The molecular formula is C10H30Cl2N2O2. The monoisotopic (exact) mass is 280 g/mol. The zero-order valence-corrected chi connectivity index (χ0v) is 13.0. The van der Waals surface area contributed by atoms with Crippen molar-refractivity contribution in [1.29, 1.82) is 0 Å². The summed E-state index contributed by atoms with van der Waals surface area (Å²) in [5.74, 6) is 0. The second-order valence-corrected chi connectivity index (χ2v) is 4.15. The molecule has 0 heterocycles. The van der Waals surface area contributed by atoms with E-state index in [1.54, 1.807) is 0 Å². The maximum atomic E-state index is 8.09. The second kappa shape index (κ2) is 29.5. The molecule has 4 N–H and O–H groups in total. The standard InChI is InChI=1S/C4H10O2.2C3H9N.2ClH/c5-3-1-2-4-6;2*1-4(2)3;;/h5-6H,1-4H2;2*1-3H3;2*1H. The molecule has 0 aromatic rings. The van der Waals surface area contributed by atoms with Gasteiger partial charge in [0.05, 0.1) is 42.3 Å². The second-order valence-electron chi connectivity index (χ2n) is 4.15. The van der Waals surface area contributed by atoms with E-state index in [1.165, 1.54) is 9.80 Å². The Balaban J connectivity index is -0.0000000367. The lowest BCUT2D eigenvalue weighted by molar-refractivity contribution is -0.836. The van der Waals surface area contributed by atoms with Crippen LogP contribution in [0.1, 0.15) is 12.8 Å². The van der Waals surface area contributed by atoms with Gasteiger partial charge in [-0.15, -0.1) is 0 Å². The topological polar surface area (TPSA) is 49.3 Å². The normalized spacial score (nSPS) is 7.88. The number of unbranched alkanes of at least 4 members (excludes halogenated alkanes) is 1. The van der Waals surface area contributed by atoms with Crippen LogP contribution in [0.25, 0.3) is 0 Å². The van der Waals surface area contributed by atoms with Crippen molar-refractivity contribution in [3.8, 4) is 0 Å². The van der Waals surface area contributed by atoms with E-state index < -0.39 is 0 Å². The van der Waals surface area contributed by atoms with Gasteiger partial charge in [0.1, 0.15) is 0 Å². The molecular weight excluding hydrogens is 251 g/mol. The Hall–Kier alpha value is 0.420. The van der Waals surface area contributed by atoms with Crippen molar-refractivity contribution in [2.45, 2.75) is 12.8 Å². The maximum Gasteiger partial charge on any atom is 0.0661 e. The maximum absolute atomic E-state index is 8.09. The molecule has 16 heavy (non-hydrogen) atoms. The van der Waals surface area contributed by atoms with Crippen molar-refractivity contribution >= 4 is 0 Å². The van der Waals surface area contributed by atoms with Crippen LogP contribution in [0.2, 0.25) is 0 Å². The Kier molecular flexibility index (Phi) is 55.3.